The van der Waals surface area contributed by atoms with Crippen LogP contribution in [0.25, 0.3) is 0 Å². The van der Waals surface area contributed by atoms with Gasteiger partial charge in [0.15, 0.2) is 6.29 Å². The second-order valence-corrected chi connectivity index (χ2v) is 21.3. The van der Waals surface area contributed by atoms with E-state index in [1.165, 1.54) is 133 Å². The van der Waals surface area contributed by atoms with Gasteiger partial charge >= 0.3 is 33.3 Å². The average molecular weight is 742 g/mol. The minimum atomic E-state index is 0.00694. The summed E-state index contributed by atoms with van der Waals surface area (Å²) in [6.07, 6.45) is 33.1. The first kappa shape index (κ1) is 31.2. The van der Waals surface area contributed by atoms with Gasteiger partial charge < -0.3 is 0 Å². The topological polar surface area (TPSA) is 53.5 Å². The summed E-state index contributed by atoms with van der Waals surface area (Å²) in [6.45, 7) is 0. The molecule has 0 radical (unpaired) electrons. The molecule has 0 aromatic carbocycles. The molecule has 0 N–H and O–H groups in total. The third kappa shape index (κ3) is 4.97. The van der Waals surface area contributed by atoms with Gasteiger partial charge in [-0.2, -0.15) is 15.3 Å². The number of aromatic nitrogens is 6. The van der Waals surface area contributed by atoms with Crippen molar-refractivity contribution in [1.29, 1.82) is 0 Å². The summed E-state index contributed by atoms with van der Waals surface area (Å²) >= 11 is 0.00694. The molecule has 9 heteroatoms. The summed E-state index contributed by atoms with van der Waals surface area (Å²) in [6, 6.07) is 7.13. The van der Waals surface area contributed by atoms with Crippen LogP contribution in [0.4, 0.5) is 0 Å². The maximum Gasteiger partial charge on any atom is 0.160 e. The van der Waals surface area contributed by atoms with E-state index in [4.69, 9.17) is 35.5 Å². The minimum absolute atomic E-state index is 0.00694. The summed E-state index contributed by atoms with van der Waals surface area (Å²) in [4.78, 5) is 0. The fourth-order valence-electron chi connectivity index (χ4n) is 15.7. The van der Waals surface area contributed by atoms with Crippen molar-refractivity contribution >= 4 is 20.2 Å². The molecule has 0 saturated heterocycles. The van der Waals surface area contributed by atoms with Gasteiger partial charge in [0.25, 0.3) is 0 Å². The second kappa shape index (κ2) is 11.3. The van der Waals surface area contributed by atoms with Crippen LogP contribution >= 0.6 is 20.2 Å². The normalized spacial score (nSPS) is 44.8. The van der Waals surface area contributed by atoms with Gasteiger partial charge in [-0.1, -0.05) is 18.2 Å². The zero-order valence-corrected chi connectivity index (χ0v) is 31.4. The Morgan fingerprint density at radius 3 is 0.857 bits per heavy atom. The Balaban J connectivity index is 0.000000936. The van der Waals surface area contributed by atoms with Gasteiger partial charge in [0.1, 0.15) is 0 Å². The maximum atomic E-state index is 5.51. The summed E-state index contributed by atoms with van der Waals surface area (Å²) < 4.78 is 6.50. The van der Waals surface area contributed by atoms with Gasteiger partial charge in [0, 0.05) is 16.2 Å². The van der Waals surface area contributed by atoms with Crippen molar-refractivity contribution in [2.45, 2.75) is 132 Å². The van der Waals surface area contributed by atoms with Crippen molar-refractivity contribution in [2.24, 2.45) is 53.3 Å². The first-order valence-corrected chi connectivity index (χ1v) is 23.1. The van der Waals surface area contributed by atoms with E-state index in [1.807, 2.05) is 0 Å². The molecule has 3 aromatic rings. The predicted molar refractivity (Wildman–Crippen MR) is 187 cm³/mol. The van der Waals surface area contributed by atoms with Gasteiger partial charge in [-0.15, -0.1) is 0 Å². The summed E-state index contributed by atoms with van der Waals surface area (Å²) in [7, 11) is 9.59. The molecule has 3 heterocycles. The minimum Gasteiger partial charge on any atom is -0.286 e. The predicted octanol–water partition coefficient (Wildman–Crippen LogP) is 9.45. The van der Waals surface area contributed by atoms with E-state index in [0.29, 0.717) is 0 Å². The molecule has 3 aromatic heterocycles. The molecule has 6 nitrogen and oxygen atoms in total. The van der Waals surface area contributed by atoms with E-state index in [-0.39, 0.29) is 29.4 Å². The van der Waals surface area contributed by atoms with Crippen LogP contribution < -0.4 is 0 Å². The molecule has 12 fully saturated rings. The molecular formula is C40H51Cl2MnN6-. The third-order valence-corrected chi connectivity index (χ3v) is 16.1. The Labute approximate surface area is 306 Å². The molecule has 0 spiro atoms. The van der Waals surface area contributed by atoms with Gasteiger partial charge in [0.2, 0.25) is 0 Å². The molecule has 0 unspecified atom stereocenters. The van der Waals surface area contributed by atoms with E-state index in [0.717, 1.165) is 59.6 Å². The van der Waals surface area contributed by atoms with Gasteiger partial charge in [0.05, 0.1) is 17.1 Å². The van der Waals surface area contributed by atoms with Crippen LogP contribution in [0.15, 0.2) is 36.8 Å². The Morgan fingerprint density at radius 2 is 0.653 bits per heavy atom. The van der Waals surface area contributed by atoms with Gasteiger partial charge in [-0.25, -0.2) is 0 Å². The van der Waals surface area contributed by atoms with E-state index in [9.17, 15) is 0 Å². The average Bonchev–Trinajstić information content (AvgIpc) is 3.83. The zero-order valence-electron chi connectivity index (χ0n) is 28.7. The SMILES string of the molecule is [Cl][Mn][Cl].c1cn([C-](n2ccc(C34CC5CC(CC(C5)C3)C4)n2)n2ccc(C34CC5CC(CC(C5)C3)C4)n2)nc1C12CC3CC(CC(C3)C1)C2. The van der Waals surface area contributed by atoms with Crippen LogP contribution in [0.3, 0.4) is 0 Å². The molecule has 0 atom stereocenters. The smallest absolute Gasteiger partial charge is 0.160 e. The van der Waals surface area contributed by atoms with Crippen LogP contribution in [0.1, 0.15) is 133 Å². The molecule has 0 amide bonds. The molecular weight excluding hydrogens is 690 g/mol. The Hall–Kier alpha value is -1.40. The number of halogens is 2. The fraction of sp³-hybridized carbons (Fsp3) is 0.750. The molecule has 49 heavy (non-hydrogen) atoms. The van der Waals surface area contributed by atoms with Crippen LogP contribution in [-0.4, -0.2) is 29.3 Å². The monoisotopic (exact) mass is 740 g/mol. The quantitative estimate of drug-likeness (QED) is 0.187. The molecule has 15 rings (SSSR count). The molecule has 0 aliphatic heterocycles. The standard InChI is InChI=1S/C40H51N6.2ClH.Mn/c1-4-44(41-34(1)38-16-25-7-26(17-38)9-27(8-25)18-38)37(45-5-2-35(42-45)39-19-28-10-29(20-39)12-30(11-28)21-39)46-6-3-36(43-46)40-22-31-13-32(23-40)15-33(14-31)24-40;;;/h1-6,25-33H,7-24H2;2*1H;/q-1;;;+2/p-2. The first-order valence-electron chi connectivity index (χ1n) is 19.8. The van der Waals surface area contributed by atoms with Crippen molar-refractivity contribution in [3.63, 3.8) is 0 Å². The first-order chi connectivity index (χ1) is 23.9. The number of nitrogens with zero attached hydrogens (tertiary/aromatic N) is 6. The summed E-state index contributed by atoms with van der Waals surface area (Å²) in [5.41, 5.74) is 4.87. The van der Waals surface area contributed by atoms with Crippen molar-refractivity contribution in [3.8, 4) is 0 Å². The number of hydrogen-bond acceptors (Lipinski definition) is 3. The van der Waals surface area contributed by atoms with Crippen molar-refractivity contribution in [2.75, 3.05) is 0 Å². The summed E-state index contributed by atoms with van der Waals surface area (Å²) in [5, 5.41) is 16.5. The Kier molecular flexibility index (Phi) is 7.18. The molecule has 12 bridgehead atoms. The van der Waals surface area contributed by atoms with Gasteiger partial charge in [-0.3, -0.25) is 14.0 Å². The van der Waals surface area contributed by atoms with Crippen LogP contribution in [-0.2, 0) is 29.4 Å². The van der Waals surface area contributed by atoms with E-state index < -0.39 is 0 Å². The van der Waals surface area contributed by atoms with Crippen molar-refractivity contribution < 1.29 is 13.1 Å². The Morgan fingerprint density at radius 1 is 0.449 bits per heavy atom. The molecule has 12 aliphatic carbocycles. The molecule has 263 valence electrons. The van der Waals surface area contributed by atoms with Crippen LogP contribution in [0, 0.1) is 59.6 Å². The molecule has 12 aliphatic rings. The number of hydrogen-bond donors (Lipinski definition) is 0. The number of rotatable bonds is 6. The van der Waals surface area contributed by atoms with E-state index in [1.54, 1.807) is 0 Å². The third-order valence-electron chi connectivity index (χ3n) is 16.1. The van der Waals surface area contributed by atoms with Crippen molar-refractivity contribution in [1.82, 2.24) is 29.3 Å². The second-order valence-electron chi connectivity index (χ2n) is 19.4. The van der Waals surface area contributed by atoms with Crippen LogP contribution in [0.5, 0.6) is 0 Å². The Bertz CT molecular complexity index is 1420. The van der Waals surface area contributed by atoms with Gasteiger partial charge in [-0.05, 0) is 187 Å². The zero-order chi connectivity index (χ0) is 32.5. The molecule has 12 saturated carbocycles. The summed E-state index contributed by atoms with van der Waals surface area (Å²) in [5.74, 6) is 8.27. The maximum absolute atomic E-state index is 5.51. The largest absolute Gasteiger partial charge is 0.286 e. The van der Waals surface area contributed by atoms with Crippen LogP contribution in [0.2, 0.25) is 0 Å². The van der Waals surface area contributed by atoms with E-state index in [2.05, 4.69) is 50.8 Å². The fourth-order valence-corrected chi connectivity index (χ4v) is 15.7. The van der Waals surface area contributed by atoms with E-state index >= 15 is 0 Å². The van der Waals surface area contributed by atoms with Crippen molar-refractivity contribution in [3.05, 3.63) is 60.2 Å².